The first-order valence-electron chi connectivity index (χ1n) is 2.69. The summed E-state index contributed by atoms with van der Waals surface area (Å²) in [6, 6.07) is 0. The molecular formula is C6H7OPS2. The molecule has 0 saturated carbocycles. The summed E-state index contributed by atoms with van der Waals surface area (Å²) in [6.07, 6.45) is 9.54. The Hall–Kier alpha value is 0.1000. The zero-order valence-electron chi connectivity index (χ0n) is 5.53. The van der Waals surface area contributed by atoms with Crippen molar-refractivity contribution >= 4 is 28.7 Å². The normalized spacial score (nSPS) is 30.6. The van der Waals surface area contributed by atoms with Crippen LogP contribution in [0.15, 0.2) is 11.8 Å². The van der Waals surface area contributed by atoms with Crippen LogP contribution >= 0.6 is 16.8 Å². The molecule has 0 aromatic heterocycles. The van der Waals surface area contributed by atoms with Gasteiger partial charge in [0.05, 0.1) is 6.16 Å². The third-order valence-electron chi connectivity index (χ3n) is 1.18. The van der Waals surface area contributed by atoms with E-state index in [2.05, 4.69) is 5.92 Å². The minimum absolute atomic E-state index is 0.778. The van der Waals surface area contributed by atoms with E-state index in [4.69, 9.17) is 22.8 Å². The van der Waals surface area contributed by atoms with Crippen molar-refractivity contribution in [3.05, 3.63) is 11.8 Å². The van der Waals surface area contributed by atoms with Gasteiger partial charge < -0.3 is 4.52 Å². The molecule has 4 heteroatoms. The summed E-state index contributed by atoms with van der Waals surface area (Å²) >= 11 is 6.83. The Kier molecular flexibility index (Phi) is 2.46. The summed E-state index contributed by atoms with van der Waals surface area (Å²) < 4.78 is 5.28. The molecule has 1 unspecified atom stereocenters. The third-order valence-corrected chi connectivity index (χ3v) is 7.20. The minimum Gasteiger partial charge on any atom is -0.463 e. The average molecular weight is 190 g/mol. The van der Waals surface area contributed by atoms with Crippen molar-refractivity contribution in [3.63, 3.8) is 0 Å². The standard InChI is InChI=1S/C6H7OPS2/c1-3-6-4-7-8(9,5-6)10-2/h1,4H,5H2,2H3. The van der Waals surface area contributed by atoms with E-state index in [9.17, 15) is 0 Å². The Morgan fingerprint density at radius 3 is 3.00 bits per heavy atom. The van der Waals surface area contributed by atoms with Gasteiger partial charge in [0, 0.05) is 5.57 Å². The molecule has 1 rings (SSSR count). The molecule has 54 valence electrons. The summed E-state index contributed by atoms with van der Waals surface area (Å²) in [5, 5.41) is 0. The maximum absolute atomic E-state index is 5.28. The quantitative estimate of drug-likeness (QED) is 0.463. The summed E-state index contributed by atoms with van der Waals surface area (Å²) in [7, 11) is 0. The maximum Gasteiger partial charge on any atom is 0.171 e. The van der Waals surface area contributed by atoms with E-state index in [0.717, 1.165) is 11.7 Å². The molecule has 0 aromatic rings. The van der Waals surface area contributed by atoms with Crippen LogP contribution in [0.1, 0.15) is 0 Å². The van der Waals surface area contributed by atoms with E-state index in [1.165, 1.54) is 0 Å². The van der Waals surface area contributed by atoms with Crippen LogP contribution in [0.25, 0.3) is 0 Å². The predicted molar refractivity (Wildman–Crippen MR) is 50.7 cm³/mol. The highest BCUT2D eigenvalue weighted by molar-refractivity contribution is 8.69. The molecule has 1 aliphatic heterocycles. The highest BCUT2D eigenvalue weighted by atomic mass is 32.9. The van der Waals surface area contributed by atoms with E-state index < -0.39 is 5.47 Å². The van der Waals surface area contributed by atoms with Gasteiger partial charge in [-0.3, -0.25) is 0 Å². The second-order valence-electron chi connectivity index (χ2n) is 1.84. The van der Waals surface area contributed by atoms with Crippen molar-refractivity contribution in [1.29, 1.82) is 0 Å². The molecule has 0 aromatic carbocycles. The van der Waals surface area contributed by atoms with Gasteiger partial charge in [-0.1, -0.05) is 17.3 Å². The van der Waals surface area contributed by atoms with E-state index in [1.807, 2.05) is 6.26 Å². The second-order valence-corrected chi connectivity index (χ2v) is 9.29. The first-order valence-corrected chi connectivity index (χ1v) is 7.42. The van der Waals surface area contributed by atoms with Crippen LogP contribution in [0.4, 0.5) is 0 Å². The molecule has 0 saturated heterocycles. The number of allylic oxidation sites excluding steroid dienone is 1. The topological polar surface area (TPSA) is 9.23 Å². The Morgan fingerprint density at radius 1 is 2.00 bits per heavy atom. The first kappa shape index (κ1) is 8.20. The van der Waals surface area contributed by atoms with Gasteiger partial charge in [-0.15, -0.1) is 6.42 Å². The molecule has 1 heterocycles. The molecule has 1 nitrogen and oxygen atoms in total. The molecule has 1 atom stereocenters. The summed E-state index contributed by atoms with van der Waals surface area (Å²) in [4.78, 5) is 0. The highest BCUT2D eigenvalue weighted by Crippen LogP contribution is 2.62. The number of hydrogen-bond donors (Lipinski definition) is 0. The van der Waals surface area contributed by atoms with Crippen molar-refractivity contribution in [2.45, 2.75) is 0 Å². The predicted octanol–water partition coefficient (Wildman–Crippen LogP) is 2.21. The van der Waals surface area contributed by atoms with Crippen LogP contribution in [0, 0.1) is 12.3 Å². The molecule has 1 aliphatic rings. The lowest BCUT2D eigenvalue weighted by Crippen LogP contribution is -1.78. The van der Waals surface area contributed by atoms with Gasteiger partial charge in [-0.2, -0.15) is 0 Å². The molecule has 0 radical (unpaired) electrons. The van der Waals surface area contributed by atoms with Crippen molar-refractivity contribution in [2.24, 2.45) is 0 Å². The van der Waals surface area contributed by atoms with Crippen LogP contribution in [-0.4, -0.2) is 12.4 Å². The molecule has 0 amide bonds. The monoisotopic (exact) mass is 190 g/mol. The molecule has 0 fully saturated rings. The van der Waals surface area contributed by atoms with E-state index in [1.54, 1.807) is 17.6 Å². The lowest BCUT2D eigenvalue weighted by molar-refractivity contribution is 0.558. The van der Waals surface area contributed by atoms with Crippen LogP contribution in [0.5, 0.6) is 0 Å². The molecule has 0 aliphatic carbocycles. The zero-order chi connectivity index (χ0) is 7.61. The molecule has 0 bridgehead atoms. The largest absolute Gasteiger partial charge is 0.463 e. The Bertz CT molecular complexity index is 251. The smallest absolute Gasteiger partial charge is 0.171 e. The Morgan fingerprint density at radius 2 is 2.70 bits per heavy atom. The second kappa shape index (κ2) is 3.00. The fourth-order valence-corrected chi connectivity index (χ4v) is 3.51. The fraction of sp³-hybridized carbons (Fsp3) is 0.333. The summed E-state index contributed by atoms with van der Waals surface area (Å²) in [5.74, 6) is 2.54. The SMILES string of the molecule is C#CC1=COP(=S)(SC)C1. The average Bonchev–Trinajstić information content (AvgIpc) is 2.33. The van der Waals surface area contributed by atoms with Gasteiger partial charge in [0.2, 0.25) is 0 Å². The fourth-order valence-electron chi connectivity index (χ4n) is 0.614. The molecular weight excluding hydrogens is 183 g/mol. The third kappa shape index (κ3) is 1.58. The Balaban J connectivity index is 2.70. The van der Waals surface area contributed by atoms with Gasteiger partial charge in [-0.05, 0) is 18.1 Å². The van der Waals surface area contributed by atoms with E-state index >= 15 is 0 Å². The van der Waals surface area contributed by atoms with Crippen LogP contribution < -0.4 is 0 Å². The molecule has 0 N–H and O–H groups in total. The summed E-state index contributed by atoms with van der Waals surface area (Å²) in [6.45, 7) is 0. The minimum atomic E-state index is -1.61. The van der Waals surface area contributed by atoms with E-state index in [0.29, 0.717) is 0 Å². The summed E-state index contributed by atoms with van der Waals surface area (Å²) in [5.41, 5.74) is -0.708. The Labute approximate surface area is 70.1 Å². The van der Waals surface area contributed by atoms with Gasteiger partial charge >= 0.3 is 0 Å². The van der Waals surface area contributed by atoms with Crippen molar-refractivity contribution in [1.82, 2.24) is 0 Å². The lowest BCUT2D eigenvalue weighted by Gasteiger charge is -2.09. The van der Waals surface area contributed by atoms with Crippen molar-refractivity contribution in [3.8, 4) is 12.3 Å². The highest BCUT2D eigenvalue weighted by Gasteiger charge is 2.23. The van der Waals surface area contributed by atoms with Gasteiger partial charge in [0.1, 0.15) is 6.26 Å². The van der Waals surface area contributed by atoms with Gasteiger partial charge in [0.15, 0.2) is 5.47 Å². The van der Waals surface area contributed by atoms with Crippen LogP contribution in [-0.2, 0) is 16.3 Å². The van der Waals surface area contributed by atoms with Crippen molar-refractivity contribution in [2.75, 3.05) is 12.4 Å². The maximum atomic E-state index is 5.28. The van der Waals surface area contributed by atoms with Gasteiger partial charge in [0.25, 0.3) is 0 Å². The number of terminal acetylenes is 1. The van der Waals surface area contributed by atoms with Crippen LogP contribution in [0.3, 0.4) is 0 Å². The number of rotatable bonds is 1. The number of hydrogen-bond acceptors (Lipinski definition) is 3. The van der Waals surface area contributed by atoms with Crippen molar-refractivity contribution < 1.29 is 4.52 Å². The first-order chi connectivity index (χ1) is 4.70. The molecule has 0 spiro atoms. The van der Waals surface area contributed by atoms with Crippen LogP contribution in [0.2, 0.25) is 0 Å². The zero-order valence-corrected chi connectivity index (χ0v) is 8.06. The van der Waals surface area contributed by atoms with Gasteiger partial charge in [-0.25, -0.2) is 0 Å². The van der Waals surface area contributed by atoms with E-state index in [-0.39, 0.29) is 0 Å². The lowest BCUT2D eigenvalue weighted by atomic mass is 10.4. The molecule has 10 heavy (non-hydrogen) atoms.